The number of halogens is 1. The average molecular weight is 315 g/mol. The Morgan fingerprint density at radius 1 is 1.61 bits per heavy atom. The number of nitrogens with zero attached hydrogens (tertiary/aromatic N) is 3. The van der Waals surface area contributed by atoms with E-state index in [9.17, 15) is 0 Å². The first-order chi connectivity index (χ1) is 8.74. The zero-order valence-electron chi connectivity index (χ0n) is 10.8. The number of morpholine rings is 1. The van der Waals surface area contributed by atoms with Crippen molar-refractivity contribution in [2.75, 3.05) is 38.6 Å². The molecule has 1 atom stereocenters. The van der Waals surface area contributed by atoms with Crippen molar-refractivity contribution in [3.8, 4) is 0 Å². The lowest BCUT2D eigenvalue weighted by atomic mass is 10.2. The fraction of sp³-hybridized carbons (Fsp3) is 0.667. The molecular formula is C12H19BrN4O. The highest BCUT2D eigenvalue weighted by Crippen LogP contribution is 2.24. The van der Waals surface area contributed by atoms with Gasteiger partial charge >= 0.3 is 0 Å². The number of aromatic nitrogens is 2. The van der Waals surface area contributed by atoms with Crippen LogP contribution in [0.4, 0.5) is 5.82 Å². The molecule has 2 rings (SSSR count). The molecule has 1 fully saturated rings. The Labute approximate surface area is 116 Å². The number of rotatable bonds is 4. The highest BCUT2D eigenvalue weighted by Gasteiger charge is 2.24. The minimum atomic E-state index is -0.0227. The van der Waals surface area contributed by atoms with Gasteiger partial charge in [0, 0.05) is 26.3 Å². The second-order valence-electron chi connectivity index (χ2n) is 4.33. The average Bonchev–Trinajstić information content (AvgIpc) is 2.40. The summed E-state index contributed by atoms with van der Waals surface area (Å²) in [7, 11) is 1.85. The Morgan fingerprint density at radius 3 is 3.17 bits per heavy atom. The summed E-state index contributed by atoms with van der Waals surface area (Å²) in [6.45, 7) is 5.92. The molecule has 0 aliphatic carbocycles. The van der Waals surface area contributed by atoms with E-state index in [1.165, 1.54) is 0 Å². The van der Waals surface area contributed by atoms with Crippen LogP contribution in [0, 0.1) is 0 Å². The Balaban J connectivity index is 2.10. The highest BCUT2D eigenvalue weighted by molar-refractivity contribution is 9.10. The fourth-order valence-corrected chi connectivity index (χ4v) is 2.48. The van der Waals surface area contributed by atoms with Gasteiger partial charge in [-0.15, -0.1) is 0 Å². The molecule has 0 saturated carbocycles. The number of anilines is 1. The van der Waals surface area contributed by atoms with Crippen LogP contribution in [0.15, 0.2) is 10.7 Å². The number of hydrogen-bond acceptors (Lipinski definition) is 5. The predicted molar refractivity (Wildman–Crippen MR) is 74.7 cm³/mol. The summed E-state index contributed by atoms with van der Waals surface area (Å²) in [5.41, 5.74) is 0. The van der Waals surface area contributed by atoms with Crippen LogP contribution < -0.4 is 5.32 Å². The van der Waals surface area contributed by atoms with Crippen LogP contribution in [0.2, 0.25) is 0 Å². The lowest BCUT2D eigenvalue weighted by Gasteiger charge is -2.31. The van der Waals surface area contributed by atoms with Crippen molar-refractivity contribution in [1.82, 2.24) is 14.9 Å². The zero-order chi connectivity index (χ0) is 13.0. The zero-order valence-corrected chi connectivity index (χ0v) is 12.4. The van der Waals surface area contributed by atoms with E-state index in [2.05, 4.69) is 43.0 Å². The SMILES string of the molecule is CCCN1CCOC(c2ncc(Br)c(NC)n2)C1. The number of nitrogens with one attached hydrogen (secondary N) is 1. The molecule has 0 aromatic carbocycles. The topological polar surface area (TPSA) is 50.3 Å². The predicted octanol–water partition coefficient (Wildman–Crippen LogP) is 2.06. The first-order valence-corrected chi connectivity index (χ1v) is 7.08. The molecule has 1 unspecified atom stereocenters. The summed E-state index contributed by atoms with van der Waals surface area (Å²) in [5, 5.41) is 3.04. The van der Waals surface area contributed by atoms with Gasteiger partial charge in [0.25, 0.3) is 0 Å². The third kappa shape index (κ3) is 3.18. The van der Waals surface area contributed by atoms with Crippen LogP contribution in [0.25, 0.3) is 0 Å². The molecule has 2 heterocycles. The summed E-state index contributed by atoms with van der Waals surface area (Å²) < 4.78 is 6.64. The van der Waals surface area contributed by atoms with Crippen molar-refractivity contribution in [2.24, 2.45) is 0 Å². The summed E-state index contributed by atoms with van der Waals surface area (Å²) >= 11 is 3.41. The van der Waals surface area contributed by atoms with Crippen LogP contribution in [0.1, 0.15) is 25.3 Å². The number of hydrogen-bond donors (Lipinski definition) is 1. The molecule has 18 heavy (non-hydrogen) atoms. The van der Waals surface area contributed by atoms with Crippen LogP contribution in [-0.2, 0) is 4.74 Å². The molecule has 1 aliphatic rings. The van der Waals surface area contributed by atoms with E-state index in [0.29, 0.717) is 0 Å². The van der Waals surface area contributed by atoms with Gasteiger partial charge in [-0.2, -0.15) is 0 Å². The molecule has 1 N–H and O–H groups in total. The molecule has 1 saturated heterocycles. The largest absolute Gasteiger partial charge is 0.372 e. The van der Waals surface area contributed by atoms with Gasteiger partial charge in [-0.25, -0.2) is 9.97 Å². The van der Waals surface area contributed by atoms with Gasteiger partial charge in [-0.1, -0.05) is 6.92 Å². The van der Waals surface area contributed by atoms with Gasteiger partial charge in [0.05, 0.1) is 11.1 Å². The maximum absolute atomic E-state index is 5.77. The molecule has 6 heteroatoms. The van der Waals surface area contributed by atoms with Crippen molar-refractivity contribution in [3.63, 3.8) is 0 Å². The van der Waals surface area contributed by atoms with Gasteiger partial charge in [-0.3, -0.25) is 4.90 Å². The molecule has 1 aromatic heterocycles. The monoisotopic (exact) mass is 314 g/mol. The van der Waals surface area contributed by atoms with Gasteiger partial charge in [-0.05, 0) is 28.9 Å². The Kier molecular flexibility index (Phi) is 4.91. The van der Waals surface area contributed by atoms with Gasteiger partial charge in [0.1, 0.15) is 11.9 Å². The van der Waals surface area contributed by atoms with Gasteiger partial charge in [0.15, 0.2) is 5.82 Å². The molecule has 100 valence electrons. The highest BCUT2D eigenvalue weighted by atomic mass is 79.9. The minimum Gasteiger partial charge on any atom is -0.372 e. The van der Waals surface area contributed by atoms with E-state index in [-0.39, 0.29) is 6.10 Å². The molecule has 0 amide bonds. The smallest absolute Gasteiger partial charge is 0.160 e. The van der Waals surface area contributed by atoms with Crippen molar-refractivity contribution in [3.05, 3.63) is 16.5 Å². The Hall–Kier alpha value is -0.720. The van der Waals surface area contributed by atoms with E-state index in [4.69, 9.17) is 4.74 Å². The van der Waals surface area contributed by atoms with Crippen LogP contribution in [0.5, 0.6) is 0 Å². The second kappa shape index (κ2) is 6.45. The van der Waals surface area contributed by atoms with Crippen molar-refractivity contribution in [1.29, 1.82) is 0 Å². The van der Waals surface area contributed by atoms with Crippen molar-refractivity contribution >= 4 is 21.7 Å². The summed E-state index contributed by atoms with van der Waals surface area (Å²) in [6, 6.07) is 0. The lowest BCUT2D eigenvalue weighted by molar-refractivity contribution is -0.0341. The molecular weight excluding hydrogens is 296 g/mol. The van der Waals surface area contributed by atoms with E-state index < -0.39 is 0 Å². The molecule has 0 bridgehead atoms. The van der Waals surface area contributed by atoms with E-state index in [0.717, 1.165) is 48.8 Å². The molecule has 0 spiro atoms. The quantitative estimate of drug-likeness (QED) is 0.922. The maximum atomic E-state index is 5.77. The van der Waals surface area contributed by atoms with Crippen LogP contribution in [-0.4, -0.2) is 48.2 Å². The Morgan fingerprint density at radius 2 is 2.44 bits per heavy atom. The van der Waals surface area contributed by atoms with Crippen LogP contribution in [0.3, 0.4) is 0 Å². The molecule has 5 nitrogen and oxygen atoms in total. The van der Waals surface area contributed by atoms with Gasteiger partial charge in [0.2, 0.25) is 0 Å². The lowest BCUT2D eigenvalue weighted by Crippen LogP contribution is -2.39. The summed E-state index contributed by atoms with van der Waals surface area (Å²) in [4.78, 5) is 11.2. The molecule has 0 radical (unpaired) electrons. The van der Waals surface area contributed by atoms with E-state index in [1.54, 1.807) is 6.20 Å². The first kappa shape index (κ1) is 13.7. The maximum Gasteiger partial charge on any atom is 0.160 e. The van der Waals surface area contributed by atoms with Crippen molar-refractivity contribution < 1.29 is 4.74 Å². The first-order valence-electron chi connectivity index (χ1n) is 6.28. The number of ether oxygens (including phenoxy) is 1. The minimum absolute atomic E-state index is 0.0227. The third-order valence-electron chi connectivity index (χ3n) is 2.98. The fourth-order valence-electron chi connectivity index (χ4n) is 2.09. The summed E-state index contributed by atoms with van der Waals surface area (Å²) in [6.07, 6.45) is 2.91. The van der Waals surface area contributed by atoms with Crippen LogP contribution >= 0.6 is 15.9 Å². The second-order valence-corrected chi connectivity index (χ2v) is 5.19. The third-order valence-corrected chi connectivity index (χ3v) is 3.56. The van der Waals surface area contributed by atoms with Crippen molar-refractivity contribution in [2.45, 2.75) is 19.4 Å². The van der Waals surface area contributed by atoms with Gasteiger partial charge < -0.3 is 10.1 Å². The van der Waals surface area contributed by atoms with E-state index >= 15 is 0 Å². The standard InChI is InChI=1S/C12H19BrN4O/c1-3-4-17-5-6-18-10(8-17)12-15-7-9(13)11(14-2)16-12/h7,10H,3-6,8H2,1-2H3,(H,14,15,16). The normalized spacial score (nSPS) is 20.9. The molecule has 1 aliphatic heterocycles. The molecule has 1 aromatic rings. The summed E-state index contributed by atoms with van der Waals surface area (Å²) in [5.74, 6) is 1.56. The van der Waals surface area contributed by atoms with E-state index in [1.807, 2.05) is 7.05 Å². The Bertz CT molecular complexity index is 400.